The van der Waals surface area contributed by atoms with Gasteiger partial charge in [0.1, 0.15) is 23.5 Å². The average molecular weight is 271 g/mol. The maximum absolute atomic E-state index is 9.66. The normalized spacial score (nSPS) is 10.7. The Kier molecular flexibility index (Phi) is 3.16. The van der Waals surface area contributed by atoms with E-state index in [0.717, 1.165) is 11.3 Å². The number of methoxy groups -OCH3 is 1. The molecule has 1 aromatic heterocycles. The molecular formula is C15H13NO4. The molecule has 1 N–H and O–H groups in total. The Morgan fingerprint density at radius 1 is 1.15 bits per heavy atom. The van der Waals surface area contributed by atoms with Crippen LogP contribution in [0.4, 0.5) is 0 Å². The van der Waals surface area contributed by atoms with E-state index in [1.807, 2.05) is 24.3 Å². The van der Waals surface area contributed by atoms with Crippen molar-refractivity contribution < 1.29 is 19.1 Å². The molecule has 0 radical (unpaired) electrons. The number of rotatable bonds is 4. The number of fused-ring (bicyclic) bond motifs is 1. The highest BCUT2D eigenvalue weighted by atomic mass is 16.5. The molecule has 0 unspecified atom stereocenters. The van der Waals surface area contributed by atoms with Gasteiger partial charge >= 0.3 is 0 Å². The van der Waals surface area contributed by atoms with Gasteiger partial charge in [0.05, 0.1) is 7.11 Å². The number of aromatic nitrogens is 1. The molecule has 2 aromatic carbocycles. The standard InChI is InChI=1S/C15H13NO4/c1-18-11-7-5-10(6-8-11)9-19-12-3-2-4-13-14(12)15(17)16-20-13/h2-8H,9H2,1H3,(H,16,17). The van der Waals surface area contributed by atoms with Crippen LogP contribution in [0.5, 0.6) is 17.4 Å². The van der Waals surface area contributed by atoms with Crippen LogP contribution in [0.3, 0.4) is 0 Å². The van der Waals surface area contributed by atoms with Gasteiger partial charge in [-0.1, -0.05) is 18.2 Å². The number of benzene rings is 2. The van der Waals surface area contributed by atoms with Crippen molar-refractivity contribution >= 4 is 11.0 Å². The van der Waals surface area contributed by atoms with Gasteiger partial charge in [0.15, 0.2) is 5.58 Å². The molecule has 3 aromatic rings. The summed E-state index contributed by atoms with van der Waals surface area (Å²) in [5.41, 5.74) is 1.49. The van der Waals surface area contributed by atoms with Crippen LogP contribution >= 0.6 is 0 Å². The van der Waals surface area contributed by atoms with Crippen molar-refractivity contribution in [3.05, 3.63) is 48.0 Å². The minimum Gasteiger partial charge on any atom is -0.497 e. The van der Waals surface area contributed by atoms with Crippen molar-refractivity contribution in [2.75, 3.05) is 7.11 Å². The Morgan fingerprint density at radius 3 is 2.70 bits per heavy atom. The first-order chi connectivity index (χ1) is 9.78. The third-order valence-electron chi connectivity index (χ3n) is 3.00. The molecule has 1 heterocycles. The molecule has 102 valence electrons. The molecule has 5 heteroatoms. The largest absolute Gasteiger partial charge is 0.497 e. The lowest BCUT2D eigenvalue weighted by Gasteiger charge is -2.07. The Morgan fingerprint density at radius 2 is 1.95 bits per heavy atom. The summed E-state index contributed by atoms with van der Waals surface area (Å²) >= 11 is 0. The van der Waals surface area contributed by atoms with Gasteiger partial charge in [-0.3, -0.25) is 0 Å². The van der Waals surface area contributed by atoms with Crippen molar-refractivity contribution in [1.29, 1.82) is 0 Å². The van der Waals surface area contributed by atoms with Crippen molar-refractivity contribution in [3.8, 4) is 17.4 Å². The molecule has 0 aliphatic rings. The van der Waals surface area contributed by atoms with E-state index in [2.05, 4.69) is 5.16 Å². The third-order valence-corrected chi connectivity index (χ3v) is 3.00. The van der Waals surface area contributed by atoms with Gasteiger partial charge in [-0.05, 0) is 35.0 Å². The Bertz CT molecular complexity index is 718. The summed E-state index contributed by atoms with van der Waals surface area (Å²) in [7, 11) is 1.63. The van der Waals surface area contributed by atoms with Gasteiger partial charge in [-0.2, -0.15) is 0 Å². The van der Waals surface area contributed by atoms with E-state index in [9.17, 15) is 5.11 Å². The van der Waals surface area contributed by atoms with Gasteiger partial charge in [-0.25, -0.2) is 0 Å². The number of nitrogens with zero attached hydrogens (tertiary/aromatic N) is 1. The fourth-order valence-corrected chi connectivity index (χ4v) is 1.95. The highest BCUT2D eigenvalue weighted by Crippen LogP contribution is 2.33. The fraction of sp³-hybridized carbons (Fsp3) is 0.133. The van der Waals surface area contributed by atoms with Crippen molar-refractivity contribution in [2.45, 2.75) is 6.61 Å². The molecule has 0 saturated carbocycles. The van der Waals surface area contributed by atoms with E-state index in [-0.39, 0.29) is 5.88 Å². The first-order valence-electron chi connectivity index (χ1n) is 6.11. The topological polar surface area (TPSA) is 64.7 Å². The summed E-state index contributed by atoms with van der Waals surface area (Å²) in [5, 5.41) is 13.7. The van der Waals surface area contributed by atoms with E-state index in [1.165, 1.54) is 0 Å². The zero-order valence-corrected chi connectivity index (χ0v) is 10.9. The maximum atomic E-state index is 9.66. The van der Waals surface area contributed by atoms with Crippen molar-refractivity contribution in [2.24, 2.45) is 0 Å². The molecule has 0 fully saturated rings. The minimum atomic E-state index is -0.162. The molecule has 0 aliphatic carbocycles. The lowest BCUT2D eigenvalue weighted by atomic mass is 10.2. The second kappa shape index (κ2) is 5.13. The summed E-state index contributed by atoms with van der Waals surface area (Å²) < 4.78 is 15.8. The number of hydrogen-bond acceptors (Lipinski definition) is 5. The summed E-state index contributed by atoms with van der Waals surface area (Å²) in [6, 6.07) is 12.9. The van der Waals surface area contributed by atoms with Crippen LogP contribution < -0.4 is 9.47 Å². The van der Waals surface area contributed by atoms with E-state index in [1.54, 1.807) is 25.3 Å². The molecule has 0 bridgehead atoms. The Balaban J connectivity index is 1.81. The van der Waals surface area contributed by atoms with Crippen LogP contribution in [0, 0.1) is 0 Å². The summed E-state index contributed by atoms with van der Waals surface area (Å²) in [4.78, 5) is 0. The van der Waals surface area contributed by atoms with Gasteiger partial charge in [0.2, 0.25) is 0 Å². The molecule has 3 rings (SSSR count). The monoisotopic (exact) mass is 271 g/mol. The predicted molar refractivity (Wildman–Crippen MR) is 73.0 cm³/mol. The highest BCUT2D eigenvalue weighted by Gasteiger charge is 2.12. The van der Waals surface area contributed by atoms with Crippen LogP contribution in [0.25, 0.3) is 11.0 Å². The highest BCUT2D eigenvalue weighted by molar-refractivity contribution is 5.88. The Hall–Kier alpha value is -2.69. The van der Waals surface area contributed by atoms with E-state index < -0.39 is 0 Å². The molecule has 20 heavy (non-hydrogen) atoms. The molecule has 0 atom stereocenters. The SMILES string of the molecule is COc1ccc(COc2cccc3onc(O)c23)cc1. The predicted octanol–water partition coefficient (Wildman–Crippen LogP) is 3.12. The van der Waals surface area contributed by atoms with Gasteiger partial charge in [0, 0.05) is 0 Å². The van der Waals surface area contributed by atoms with Crippen LogP contribution in [-0.2, 0) is 6.61 Å². The number of hydrogen-bond donors (Lipinski definition) is 1. The average Bonchev–Trinajstić information content (AvgIpc) is 2.88. The van der Waals surface area contributed by atoms with Crippen LogP contribution in [0.1, 0.15) is 5.56 Å². The molecule has 0 aliphatic heterocycles. The third kappa shape index (κ3) is 2.25. The summed E-state index contributed by atoms with van der Waals surface area (Å²) in [6.07, 6.45) is 0. The van der Waals surface area contributed by atoms with Gasteiger partial charge in [-0.15, -0.1) is 0 Å². The second-order valence-electron chi connectivity index (χ2n) is 4.27. The lowest BCUT2D eigenvalue weighted by Crippen LogP contribution is -1.95. The van der Waals surface area contributed by atoms with Crippen LogP contribution in [0.15, 0.2) is 47.0 Å². The van der Waals surface area contributed by atoms with Crippen LogP contribution in [-0.4, -0.2) is 17.4 Å². The molecule has 0 spiro atoms. The number of aromatic hydroxyl groups is 1. The minimum absolute atomic E-state index is 0.162. The van der Waals surface area contributed by atoms with E-state index in [0.29, 0.717) is 23.3 Å². The summed E-state index contributed by atoms with van der Waals surface area (Å²) in [6.45, 7) is 0.383. The molecule has 0 saturated heterocycles. The quantitative estimate of drug-likeness (QED) is 0.789. The second-order valence-corrected chi connectivity index (χ2v) is 4.27. The van der Waals surface area contributed by atoms with Crippen molar-refractivity contribution in [3.63, 3.8) is 0 Å². The van der Waals surface area contributed by atoms with Gasteiger partial charge in [0.25, 0.3) is 5.88 Å². The smallest absolute Gasteiger partial charge is 0.263 e. The van der Waals surface area contributed by atoms with Crippen LogP contribution in [0.2, 0.25) is 0 Å². The molecular weight excluding hydrogens is 258 g/mol. The molecule has 0 amide bonds. The lowest BCUT2D eigenvalue weighted by molar-refractivity contribution is 0.308. The molecule has 5 nitrogen and oxygen atoms in total. The van der Waals surface area contributed by atoms with Gasteiger partial charge < -0.3 is 19.1 Å². The zero-order valence-electron chi connectivity index (χ0n) is 10.9. The first kappa shape index (κ1) is 12.3. The summed E-state index contributed by atoms with van der Waals surface area (Å²) in [5.74, 6) is 1.18. The fourth-order valence-electron chi connectivity index (χ4n) is 1.95. The zero-order chi connectivity index (χ0) is 13.9. The maximum Gasteiger partial charge on any atom is 0.263 e. The van der Waals surface area contributed by atoms with Crippen molar-refractivity contribution in [1.82, 2.24) is 5.16 Å². The number of ether oxygens (including phenoxy) is 2. The van der Waals surface area contributed by atoms with E-state index >= 15 is 0 Å². The van der Waals surface area contributed by atoms with E-state index in [4.69, 9.17) is 14.0 Å². The Labute approximate surface area is 115 Å². The first-order valence-corrected chi connectivity index (χ1v) is 6.11.